The highest BCUT2D eigenvalue weighted by Crippen LogP contribution is 2.37. The maximum atomic E-state index is 12.7. The molecule has 0 saturated heterocycles. The molecule has 0 fully saturated rings. The predicted molar refractivity (Wildman–Crippen MR) is 124 cm³/mol. The molecule has 2 aromatic carbocycles. The number of aromatic nitrogens is 1. The van der Waals surface area contributed by atoms with Crippen LogP contribution in [0.25, 0.3) is 11.6 Å². The third-order valence-corrected chi connectivity index (χ3v) is 6.14. The fourth-order valence-corrected chi connectivity index (χ4v) is 4.58. The molecule has 1 atom stereocenters. The number of fused-ring (bicyclic) bond motifs is 1. The molecule has 1 aliphatic rings. The number of para-hydroxylation sites is 1. The van der Waals surface area contributed by atoms with Crippen LogP contribution in [0.2, 0.25) is 0 Å². The zero-order valence-corrected chi connectivity index (χ0v) is 17.8. The molecule has 31 heavy (non-hydrogen) atoms. The molecule has 2 N–H and O–H groups in total. The van der Waals surface area contributed by atoms with Crippen molar-refractivity contribution in [2.24, 2.45) is 4.99 Å². The summed E-state index contributed by atoms with van der Waals surface area (Å²) in [7, 11) is 0. The van der Waals surface area contributed by atoms with Gasteiger partial charge in [0.25, 0.3) is 5.69 Å². The Labute approximate surface area is 186 Å². The van der Waals surface area contributed by atoms with E-state index in [-0.39, 0.29) is 11.6 Å². The van der Waals surface area contributed by atoms with E-state index < -0.39 is 16.9 Å². The van der Waals surface area contributed by atoms with Crippen molar-refractivity contribution < 1.29 is 14.8 Å². The van der Waals surface area contributed by atoms with Crippen LogP contribution in [0.5, 0.6) is 5.88 Å². The van der Waals surface area contributed by atoms with Gasteiger partial charge in [-0.05, 0) is 43.4 Å². The van der Waals surface area contributed by atoms with Gasteiger partial charge in [0.2, 0.25) is 11.8 Å². The van der Waals surface area contributed by atoms with Gasteiger partial charge in [0.1, 0.15) is 6.04 Å². The van der Waals surface area contributed by atoms with E-state index in [0.29, 0.717) is 14.5 Å². The number of nitro benzene ring substituents is 1. The molecule has 0 saturated carbocycles. The number of rotatable bonds is 5. The van der Waals surface area contributed by atoms with Crippen LogP contribution >= 0.6 is 23.6 Å². The quantitative estimate of drug-likeness (QED) is 0.308. The summed E-state index contributed by atoms with van der Waals surface area (Å²) in [5, 5.41) is 24.2. The van der Waals surface area contributed by atoms with E-state index in [9.17, 15) is 20.0 Å². The normalized spacial score (nSPS) is 14.4. The Hall–Kier alpha value is -3.63. The van der Waals surface area contributed by atoms with Gasteiger partial charge >= 0.3 is 0 Å². The van der Waals surface area contributed by atoms with E-state index in [4.69, 9.17) is 12.2 Å². The van der Waals surface area contributed by atoms with Crippen LogP contribution in [-0.4, -0.2) is 26.7 Å². The molecule has 0 spiro atoms. The summed E-state index contributed by atoms with van der Waals surface area (Å²) in [4.78, 5) is 27.8. The van der Waals surface area contributed by atoms with Crippen molar-refractivity contribution >= 4 is 64.4 Å². The number of nitro groups is 1. The van der Waals surface area contributed by atoms with Gasteiger partial charge in [-0.2, -0.15) is 0 Å². The number of carbonyl (C=O) groups is 1. The number of allylic oxidation sites excluding steroid dienone is 1. The number of non-ortho nitro benzene ring substituents is 1. The number of amides is 1. The number of hydrogen-bond acceptors (Lipinski definition) is 7. The Morgan fingerprint density at radius 3 is 2.71 bits per heavy atom. The monoisotopic (exact) mass is 452 g/mol. The van der Waals surface area contributed by atoms with Crippen molar-refractivity contribution in [1.29, 1.82) is 0 Å². The van der Waals surface area contributed by atoms with Crippen LogP contribution in [0.3, 0.4) is 0 Å². The first-order chi connectivity index (χ1) is 14.8. The van der Waals surface area contributed by atoms with Crippen LogP contribution in [0.4, 0.5) is 17.1 Å². The fourth-order valence-electron chi connectivity index (χ4n) is 3.16. The molecule has 4 rings (SSSR count). The van der Waals surface area contributed by atoms with Gasteiger partial charge in [-0.1, -0.05) is 18.2 Å². The van der Waals surface area contributed by atoms with Crippen LogP contribution in [0, 0.1) is 14.1 Å². The Morgan fingerprint density at radius 2 is 2.00 bits per heavy atom. The largest absolute Gasteiger partial charge is 0.493 e. The standard InChI is InChI=1S/C21H16N4O4S2/c1-12(19(26)23-14-6-8-15(9-7-14)25(28)29)24-20(27)18(31-21(24)30)10-13-11-22-17-5-3-2-4-16(13)17/h2-12,27H,1H3,(H,23,26)/b13-10+. The Morgan fingerprint density at radius 1 is 1.29 bits per heavy atom. The zero-order chi connectivity index (χ0) is 22.1. The molecule has 156 valence electrons. The lowest BCUT2D eigenvalue weighted by Crippen LogP contribution is -2.23. The molecular formula is C21H16N4O4S2. The van der Waals surface area contributed by atoms with Gasteiger partial charge < -0.3 is 10.4 Å². The average Bonchev–Trinajstić information content (AvgIpc) is 3.28. The summed E-state index contributed by atoms with van der Waals surface area (Å²) in [5.74, 6) is -0.517. The van der Waals surface area contributed by atoms with Gasteiger partial charge in [0.15, 0.2) is 3.95 Å². The summed E-state index contributed by atoms with van der Waals surface area (Å²) < 4.78 is 1.73. The lowest BCUT2D eigenvalue weighted by atomic mass is 10.1. The molecule has 2 heterocycles. The van der Waals surface area contributed by atoms with E-state index in [1.54, 1.807) is 19.2 Å². The molecule has 8 nitrogen and oxygen atoms in total. The molecule has 10 heteroatoms. The first-order valence-electron chi connectivity index (χ1n) is 9.20. The molecule has 3 aromatic rings. The van der Waals surface area contributed by atoms with E-state index in [1.165, 1.54) is 40.2 Å². The maximum Gasteiger partial charge on any atom is 0.269 e. The number of aromatic hydroxyl groups is 1. The molecule has 1 unspecified atom stereocenters. The van der Waals surface area contributed by atoms with E-state index in [1.807, 2.05) is 24.3 Å². The second-order valence-corrected chi connectivity index (χ2v) is 8.45. The second kappa shape index (κ2) is 8.25. The average molecular weight is 453 g/mol. The number of anilines is 1. The summed E-state index contributed by atoms with van der Waals surface area (Å²) in [6, 6.07) is 12.4. The molecule has 0 bridgehead atoms. The number of hydrogen-bond donors (Lipinski definition) is 2. The second-order valence-electron chi connectivity index (χ2n) is 6.77. The smallest absolute Gasteiger partial charge is 0.269 e. The highest BCUT2D eigenvalue weighted by molar-refractivity contribution is 7.73. The molecule has 1 amide bonds. The zero-order valence-electron chi connectivity index (χ0n) is 16.2. The number of aliphatic imine (C=N–C) groups is 1. The summed E-state index contributed by atoms with van der Waals surface area (Å²) >= 11 is 6.58. The molecule has 0 aliphatic carbocycles. The van der Waals surface area contributed by atoms with E-state index in [2.05, 4.69) is 10.3 Å². The topological polar surface area (TPSA) is 110 Å². The van der Waals surface area contributed by atoms with E-state index >= 15 is 0 Å². The maximum absolute atomic E-state index is 12.7. The third kappa shape index (κ3) is 4.03. The predicted octanol–water partition coefficient (Wildman–Crippen LogP) is 5.35. The summed E-state index contributed by atoms with van der Waals surface area (Å²) in [6.45, 7) is 1.62. The van der Waals surface area contributed by atoms with Crippen molar-refractivity contribution in [3.8, 4) is 5.88 Å². The number of benzene rings is 2. The van der Waals surface area contributed by atoms with Gasteiger partial charge in [0, 0.05) is 35.2 Å². The highest BCUT2D eigenvalue weighted by Gasteiger charge is 2.23. The van der Waals surface area contributed by atoms with Crippen LogP contribution in [-0.2, 0) is 4.79 Å². The minimum atomic E-state index is -0.796. The van der Waals surface area contributed by atoms with Crippen molar-refractivity contribution in [2.45, 2.75) is 13.0 Å². The molecular weight excluding hydrogens is 436 g/mol. The first-order valence-corrected chi connectivity index (χ1v) is 10.4. The summed E-state index contributed by atoms with van der Waals surface area (Å²) in [6.07, 6.45) is 3.52. The van der Waals surface area contributed by atoms with Crippen LogP contribution in [0.1, 0.15) is 23.4 Å². The molecule has 1 aliphatic heterocycles. The first kappa shape index (κ1) is 20.6. The number of nitrogens with zero attached hydrogens (tertiary/aromatic N) is 3. The number of nitrogens with one attached hydrogen (secondary N) is 1. The Bertz CT molecular complexity index is 1310. The number of thiazole rings is 1. The van der Waals surface area contributed by atoms with Crippen molar-refractivity contribution in [3.63, 3.8) is 0 Å². The van der Waals surface area contributed by atoms with E-state index in [0.717, 1.165) is 16.8 Å². The fraction of sp³-hybridized carbons (Fsp3) is 0.0952. The van der Waals surface area contributed by atoms with Gasteiger partial charge in [-0.15, -0.1) is 11.3 Å². The van der Waals surface area contributed by atoms with Crippen LogP contribution in [0.15, 0.2) is 53.5 Å². The third-order valence-electron chi connectivity index (χ3n) is 4.80. The van der Waals surface area contributed by atoms with Crippen LogP contribution < -0.4 is 5.32 Å². The van der Waals surface area contributed by atoms with Crippen molar-refractivity contribution in [2.75, 3.05) is 5.32 Å². The Balaban J connectivity index is 1.58. The number of carbonyl (C=O) groups excluding carboxylic acids is 1. The highest BCUT2D eigenvalue weighted by atomic mass is 32.1. The minimum Gasteiger partial charge on any atom is -0.493 e. The van der Waals surface area contributed by atoms with Gasteiger partial charge in [-0.3, -0.25) is 24.5 Å². The summed E-state index contributed by atoms with van der Waals surface area (Å²) in [5.41, 5.74) is 2.99. The van der Waals surface area contributed by atoms with Gasteiger partial charge in [0.05, 0.1) is 15.5 Å². The minimum absolute atomic E-state index is 0.0709. The Kier molecular flexibility index (Phi) is 5.49. The SMILES string of the molecule is CC(C(=O)Nc1ccc([N+](=O)[O-])cc1)n1c(O)c(/C=C2\C=Nc3ccccc32)sc1=S. The van der Waals surface area contributed by atoms with Crippen molar-refractivity contribution in [1.82, 2.24) is 4.57 Å². The molecule has 0 radical (unpaired) electrons. The van der Waals surface area contributed by atoms with Crippen molar-refractivity contribution in [3.05, 3.63) is 73.0 Å². The lowest BCUT2D eigenvalue weighted by Gasteiger charge is -2.14. The lowest BCUT2D eigenvalue weighted by molar-refractivity contribution is -0.384. The molecule has 1 aromatic heterocycles. The van der Waals surface area contributed by atoms with Gasteiger partial charge in [-0.25, -0.2) is 0 Å².